The summed E-state index contributed by atoms with van der Waals surface area (Å²) >= 11 is 0. The van der Waals surface area contributed by atoms with Crippen molar-refractivity contribution in [1.82, 2.24) is 0 Å². The lowest BCUT2D eigenvalue weighted by molar-refractivity contribution is -0.385. The van der Waals surface area contributed by atoms with Crippen LogP contribution in [-0.2, 0) is 36.9 Å². The second kappa shape index (κ2) is 11.6. The standard InChI is InChI=1S/C29H31NO8/c1-29(2)35-19-24-25(38-29)26(33-17-20-9-5-3-6-10-20)27(34-18-21-11-7-4-8-12-21)28(37-24)36-23-15-13-22(14-16-23)30(31)32/h3-16,24-28H,17-19H2,1-2H3/t24-,25+,26+,27-,28-/m1/s1. The molecular formula is C29H31NO8. The van der Waals surface area contributed by atoms with E-state index in [2.05, 4.69) is 0 Å². The quantitative estimate of drug-likeness (QED) is 0.286. The fourth-order valence-corrected chi connectivity index (χ4v) is 4.57. The lowest BCUT2D eigenvalue weighted by Crippen LogP contribution is -2.66. The van der Waals surface area contributed by atoms with Gasteiger partial charge in [0.25, 0.3) is 5.69 Å². The van der Waals surface area contributed by atoms with E-state index in [9.17, 15) is 10.1 Å². The summed E-state index contributed by atoms with van der Waals surface area (Å²) in [6.07, 6.45) is -3.05. The van der Waals surface area contributed by atoms with E-state index in [0.717, 1.165) is 11.1 Å². The van der Waals surface area contributed by atoms with Crippen LogP contribution in [0.3, 0.4) is 0 Å². The van der Waals surface area contributed by atoms with Crippen LogP contribution in [0.4, 0.5) is 5.69 Å². The van der Waals surface area contributed by atoms with Gasteiger partial charge in [0.1, 0.15) is 30.2 Å². The van der Waals surface area contributed by atoms with Gasteiger partial charge >= 0.3 is 0 Å². The second-order valence-corrected chi connectivity index (χ2v) is 9.73. The van der Waals surface area contributed by atoms with Gasteiger partial charge in [0.15, 0.2) is 5.79 Å². The van der Waals surface area contributed by atoms with E-state index in [0.29, 0.717) is 19.0 Å². The Morgan fingerprint density at radius 3 is 2.03 bits per heavy atom. The average Bonchev–Trinajstić information content (AvgIpc) is 2.92. The minimum Gasteiger partial charge on any atom is -0.462 e. The fraction of sp³-hybridized carbons (Fsp3) is 0.379. The largest absolute Gasteiger partial charge is 0.462 e. The van der Waals surface area contributed by atoms with Gasteiger partial charge in [0.05, 0.1) is 24.7 Å². The summed E-state index contributed by atoms with van der Waals surface area (Å²) in [6, 6.07) is 25.5. The van der Waals surface area contributed by atoms with Gasteiger partial charge in [-0.1, -0.05) is 60.7 Å². The number of nitro benzene ring substituents is 1. The Morgan fingerprint density at radius 1 is 0.868 bits per heavy atom. The molecule has 9 nitrogen and oxygen atoms in total. The van der Waals surface area contributed by atoms with Crippen molar-refractivity contribution in [1.29, 1.82) is 0 Å². The SMILES string of the molecule is CC1(C)OC[C@H]2O[C@@H](Oc3ccc([N+](=O)[O-])cc3)[C@H](OCc3ccccc3)[C@@H](OCc3ccccc3)[C@H]2O1. The Bertz CT molecular complexity index is 1190. The molecule has 0 amide bonds. The predicted molar refractivity (Wildman–Crippen MR) is 137 cm³/mol. The van der Waals surface area contributed by atoms with Crippen molar-refractivity contribution in [2.45, 2.75) is 63.6 Å². The molecule has 38 heavy (non-hydrogen) atoms. The van der Waals surface area contributed by atoms with E-state index >= 15 is 0 Å². The molecule has 0 N–H and O–H groups in total. The van der Waals surface area contributed by atoms with Crippen LogP contribution in [0.25, 0.3) is 0 Å². The van der Waals surface area contributed by atoms with Gasteiger partial charge < -0.3 is 28.4 Å². The molecule has 5 rings (SSSR count). The van der Waals surface area contributed by atoms with Crippen LogP contribution in [-0.4, -0.2) is 48.0 Å². The predicted octanol–water partition coefficient (Wildman–Crippen LogP) is 5.02. The topological polar surface area (TPSA) is 98.5 Å². The monoisotopic (exact) mass is 521 g/mol. The molecular weight excluding hydrogens is 490 g/mol. The van der Waals surface area contributed by atoms with Crippen LogP contribution in [0, 0.1) is 10.1 Å². The van der Waals surface area contributed by atoms with Crippen molar-refractivity contribution in [3.05, 3.63) is 106 Å². The number of rotatable bonds is 9. The highest BCUT2D eigenvalue weighted by molar-refractivity contribution is 5.36. The summed E-state index contributed by atoms with van der Waals surface area (Å²) < 4.78 is 37.7. The molecule has 2 heterocycles. The minimum atomic E-state index is -0.879. The highest BCUT2D eigenvalue weighted by atomic mass is 16.8. The molecule has 0 spiro atoms. The minimum absolute atomic E-state index is 0.0285. The van der Waals surface area contributed by atoms with Crippen molar-refractivity contribution in [3.8, 4) is 5.75 Å². The van der Waals surface area contributed by atoms with E-state index in [4.69, 9.17) is 28.4 Å². The number of hydrogen-bond donors (Lipinski definition) is 0. The van der Waals surface area contributed by atoms with Crippen LogP contribution in [0.15, 0.2) is 84.9 Å². The number of fused-ring (bicyclic) bond motifs is 1. The fourth-order valence-electron chi connectivity index (χ4n) is 4.57. The van der Waals surface area contributed by atoms with Gasteiger partial charge in [0.2, 0.25) is 6.29 Å². The zero-order valence-electron chi connectivity index (χ0n) is 21.3. The van der Waals surface area contributed by atoms with Crippen molar-refractivity contribution < 1.29 is 33.3 Å². The average molecular weight is 522 g/mol. The molecule has 3 aromatic rings. The Hall–Kier alpha value is -3.34. The summed E-state index contributed by atoms with van der Waals surface area (Å²) in [5.41, 5.74) is 1.97. The summed E-state index contributed by atoms with van der Waals surface area (Å²) in [6.45, 7) is 4.65. The molecule has 0 aliphatic carbocycles. The molecule has 0 bridgehead atoms. The Balaban J connectivity index is 1.43. The van der Waals surface area contributed by atoms with E-state index < -0.39 is 41.4 Å². The maximum Gasteiger partial charge on any atom is 0.269 e. The van der Waals surface area contributed by atoms with Gasteiger partial charge in [-0.3, -0.25) is 10.1 Å². The first-order valence-corrected chi connectivity index (χ1v) is 12.6. The number of benzene rings is 3. The molecule has 200 valence electrons. The second-order valence-electron chi connectivity index (χ2n) is 9.73. The summed E-state index contributed by atoms with van der Waals surface area (Å²) in [5, 5.41) is 11.1. The molecule has 2 aliphatic rings. The lowest BCUT2D eigenvalue weighted by atomic mass is 9.96. The summed E-state index contributed by atoms with van der Waals surface area (Å²) in [4.78, 5) is 10.6. The highest BCUT2D eigenvalue weighted by Crippen LogP contribution is 2.36. The van der Waals surface area contributed by atoms with Crippen molar-refractivity contribution in [3.63, 3.8) is 0 Å². The molecule has 5 atom stereocenters. The van der Waals surface area contributed by atoms with Crippen LogP contribution in [0.1, 0.15) is 25.0 Å². The first kappa shape index (κ1) is 26.3. The number of nitro groups is 1. The van der Waals surface area contributed by atoms with Gasteiger partial charge in [-0.25, -0.2) is 0 Å². The molecule has 0 saturated carbocycles. The van der Waals surface area contributed by atoms with E-state index in [1.807, 2.05) is 74.5 Å². The molecule has 2 fully saturated rings. The maximum atomic E-state index is 11.1. The molecule has 2 aliphatic heterocycles. The number of nitrogens with zero attached hydrogens (tertiary/aromatic N) is 1. The van der Waals surface area contributed by atoms with E-state index in [1.165, 1.54) is 12.1 Å². The van der Waals surface area contributed by atoms with Gasteiger partial charge in [-0.05, 0) is 37.1 Å². The number of hydrogen-bond acceptors (Lipinski definition) is 8. The van der Waals surface area contributed by atoms with Crippen LogP contribution >= 0.6 is 0 Å². The summed E-state index contributed by atoms with van der Waals surface area (Å²) in [5.74, 6) is -0.415. The number of ether oxygens (including phenoxy) is 6. The Kier molecular flexibility index (Phi) is 8.01. The molecule has 2 saturated heterocycles. The maximum absolute atomic E-state index is 11.1. The molecule has 0 aromatic heterocycles. The number of non-ortho nitro benzene ring substituents is 1. The first-order valence-electron chi connectivity index (χ1n) is 12.6. The van der Waals surface area contributed by atoms with Crippen molar-refractivity contribution in [2.75, 3.05) is 6.61 Å². The van der Waals surface area contributed by atoms with Crippen molar-refractivity contribution >= 4 is 5.69 Å². The Labute approximate surface area is 221 Å². The Morgan fingerprint density at radius 2 is 1.45 bits per heavy atom. The third kappa shape index (κ3) is 6.38. The first-order chi connectivity index (χ1) is 18.4. The van der Waals surface area contributed by atoms with Crippen LogP contribution in [0.5, 0.6) is 5.75 Å². The van der Waals surface area contributed by atoms with E-state index in [-0.39, 0.29) is 12.3 Å². The van der Waals surface area contributed by atoms with Gasteiger partial charge in [0, 0.05) is 12.1 Å². The smallest absolute Gasteiger partial charge is 0.269 e. The summed E-state index contributed by atoms with van der Waals surface area (Å²) in [7, 11) is 0. The molecule has 0 unspecified atom stereocenters. The van der Waals surface area contributed by atoms with Crippen molar-refractivity contribution in [2.24, 2.45) is 0 Å². The normalized spacial score (nSPS) is 26.3. The molecule has 9 heteroatoms. The molecule has 3 aromatic carbocycles. The van der Waals surface area contributed by atoms with Gasteiger partial charge in [-0.15, -0.1) is 0 Å². The highest BCUT2D eigenvalue weighted by Gasteiger charge is 2.53. The van der Waals surface area contributed by atoms with E-state index in [1.54, 1.807) is 12.1 Å². The van der Waals surface area contributed by atoms with Gasteiger partial charge in [-0.2, -0.15) is 0 Å². The van der Waals surface area contributed by atoms with Crippen LogP contribution in [0.2, 0.25) is 0 Å². The van der Waals surface area contributed by atoms with Crippen LogP contribution < -0.4 is 4.74 Å². The zero-order valence-corrected chi connectivity index (χ0v) is 21.3. The third-order valence-corrected chi connectivity index (χ3v) is 6.48. The zero-order chi connectivity index (χ0) is 26.5. The lowest BCUT2D eigenvalue weighted by Gasteiger charge is -2.50. The third-order valence-electron chi connectivity index (χ3n) is 6.48. The molecule has 0 radical (unpaired) electrons.